The van der Waals surface area contributed by atoms with Gasteiger partial charge in [0, 0.05) is 11.1 Å². The summed E-state index contributed by atoms with van der Waals surface area (Å²) in [6, 6.07) is 4.78. The molecule has 0 saturated heterocycles. The predicted molar refractivity (Wildman–Crippen MR) is 92.3 cm³/mol. The fraction of sp³-hybridized carbons (Fsp3) is 0.105. The number of carbonyl (C=O) groups excluding carboxylic acids is 1. The van der Waals surface area contributed by atoms with Crippen molar-refractivity contribution in [2.24, 2.45) is 0 Å². The standard InChI is InChI=1S/C19H16F2O5/c1-25-18-14(20)9-5-11(16(18)23)3-7-13(22)8-4-12-6-10-15(21)19(26-2)17(12)24/h3-10,23-24H,1-2H3/b7-3+,8-4+. The lowest BCUT2D eigenvalue weighted by Gasteiger charge is -2.07. The number of allylic oxidation sites excluding steroid dienone is 2. The zero-order valence-corrected chi connectivity index (χ0v) is 14.0. The summed E-state index contributed by atoms with van der Waals surface area (Å²) < 4.78 is 36.3. The van der Waals surface area contributed by atoms with Crippen LogP contribution in [0.3, 0.4) is 0 Å². The summed E-state index contributed by atoms with van der Waals surface area (Å²) in [6.45, 7) is 0. The summed E-state index contributed by atoms with van der Waals surface area (Å²) in [6.07, 6.45) is 4.85. The van der Waals surface area contributed by atoms with Crippen LogP contribution in [0.4, 0.5) is 8.78 Å². The van der Waals surface area contributed by atoms with Gasteiger partial charge in [-0.1, -0.05) is 0 Å². The maximum atomic E-state index is 13.4. The Kier molecular flexibility index (Phi) is 5.95. The van der Waals surface area contributed by atoms with Crippen molar-refractivity contribution < 1.29 is 33.3 Å². The van der Waals surface area contributed by atoms with E-state index in [1.165, 1.54) is 38.5 Å². The molecule has 0 amide bonds. The molecule has 0 atom stereocenters. The monoisotopic (exact) mass is 362 g/mol. The number of aromatic hydroxyl groups is 2. The third kappa shape index (κ3) is 4.00. The Morgan fingerprint density at radius 1 is 0.846 bits per heavy atom. The average molecular weight is 362 g/mol. The first kappa shape index (κ1) is 19.0. The molecule has 7 heteroatoms. The molecule has 0 spiro atoms. The van der Waals surface area contributed by atoms with Crippen molar-refractivity contribution >= 4 is 17.9 Å². The number of halogens is 2. The van der Waals surface area contributed by atoms with Gasteiger partial charge >= 0.3 is 0 Å². The van der Waals surface area contributed by atoms with E-state index in [1.807, 2.05) is 0 Å². The van der Waals surface area contributed by atoms with Crippen LogP contribution >= 0.6 is 0 Å². The molecule has 0 heterocycles. The van der Waals surface area contributed by atoms with Crippen LogP contribution in [0.25, 0.3) is 12.2 Å². The Bertz CT molecular complexity index is 816. The lowest BCUT2D eigenvalue weighted by atomic mass is 10.1. The van der Waals surface area contributed by atoms with Crippen LogP contribution in [0.15, 0.2) is 36.4 Å². The summed E-state index contributed by atoms with van der Waals surface area (Å²) in [5.74, 6) is -3.43. The molecule has 2 aromatic carbocycles. The predicted octanol–water partition coefficient (Wildman–Crippen LogP) is 3.69. The molecule has 0 aliphatic rings. The third-order valence-corrected chi connectivity index (χ3v) is 3.49. The molecule has 0 aliphatic carbocycles. The van der Waals surface area contributed by atoms with Crippen LogP contribution in [-0.2, 0) is 4.79 Å². The van der Waals surface area contributed by atoms with E-state index in [0.717, 1.165) is 24.3 Å². The number of methoxy groups -OCH3 is 2. The fourth-order valence-electron chi connectivity index (χ4n) is 2.18. The second kappa shape index (κ2) is 8.15. The van der Waals surface area contributed by atoms with Crippen molar-refractivity contribution in [2.45, 2.75) is 0 Å². The number of benzene rings is 2. The highest BCUT2D eigenvalue weighted by molar-refractivity contribution is 6.04. The second-order valence-electron chi connectivity index (χ2n) is 5.11. The van der Waals surface area contributed by atoms with Gasteiger partial charge in [0.2, 0.25) is 0 Å². The molecule has 5 nitrogen and oxygen atoms in total. The van der Waals surface area contributed by atoms with Crippen LogP contribution in [0.2, 0.25) is 0 Å². The lowest BCUT2D eigenvalue weighted by molar-refractivity contribution is -0.110. The van der Waals surface area contributed by atoms with Crippen LogP contribution in [0.1, 0.15) is 11.1 Å². The van der Waals surface area contributed by atoms with Crippen molar-refractivity contribution in [1.29, 1.82) is 0 Å². The van der Waals surface area contributed by atoms with Crippen molar-refractivity contribution in [2.75, 3.05) is 14.2 Å². The first-order chi connectivity index (χ1) is 12.4. The average Bonchev–Trinajstić information content (AvgIpc) is 2.61. The Labute approximate surface area is 148 Å². The van der Waals surface area contributed by atoms with Gasteiger partial charge < -0.3 is 19.7 Å². The highest BCUT2D eigenvalue weighted by Crippen LogP contribution is 2.34. The first-order valence-corrected chi connectivity index (χ1v) is 7.40. The van der Waals surface area contributed by atoms with E-state index in [0.29, 0.717) is 0 Å². The Morgan fingerprint density at radius 3 is 1.58 bits per heavy atom. The number of phenolic OH excluding ortho intramolecular Hbond substituents is 2. The quantitative estimate of drug-likeness (QED) is 0.767. The molecule has 136 valence electrons. The van der Waals surface area contributed by atoms with Crippen molar-refractivity contribution in [1.82, 2.24) is 0 Å². The summed E-state index contributed by atoms with van der Waals surface area (Å²) in [7, 11) is 2.42. The van der Waals surface area contributed by atoms with Crippen LogP contribution < -0.4 is 9.47 Å². The van der Waals surface area contributed by atoms with Gasteiger partial charge in [-0.2, -0.15) is 0 Å². The number of rotatable bonds is 6. The smallest absolute Gasteiger partial charge is 0.197 e. The Hall–Kier alpha value is -3.35. The van der Waals surface area contributed by atoms with Gasteiger partial charge in [-0.15, -0.1) is 0 Å². The summed E-state index contributed by atoms with van der Waals surface area (Å²) >= 11 is 0. The van der Waals surface area contributed by atoms with Gasteiger partial charge in [0.15, 0.2) is 40.4 Å². The summed E-state index contributed by atoms with van der Waals surface area (Å²) in [5, 5.41) is 19.8. The maximum Gasteiger partial charge on any atom is 0.197 e. The lowest BCUT2D eigenvalue weighted by Crippen LogP contribution is -1.92. The number of hydrogen-bond donors (Lipinski definition) is 2. The largest absolute Gasteiger partial charge is 0.504 e. The van der Waals surface area contributed by atoms with Crippen molar-refractivity contribution in [3.05, 3.63) is 59.2 Å². The molecule has 2 rings (SSSR count). The molecule has 2 aromatic rings. The topological polar surface area (TPSA) is 76.0 Å². The van der Waals surface area contributed by atoms with Crippen LogP contribution in [0.5, 0.6) is 23.0 Å². The first-order valence-electron chi connectivity index (χ1n) is 7.40. The minimum absolute atomic E-state index is 0.191. The normalized spacial score (nSPS) is 11.2. The number of ether oxygens (including phenoxy) is 2. The molecule has 0 saturated carbocycles. The highest BCUT2D eigenvalue weighted by atomic mass is 19.1. The van der Waals surface area contributed by atoms with E-state index in [2.05, 4.69) is 0 Å². The van der Waals surface area contributed by atoms with Gasteiger partial charge in [-0.25, -0.2) is 8.78 Å². The zero-order valence-electron chi connectivity index (χ0n) is 14.0. The molecule has 0 aliphatic heterocycles. The molecular weight excluding hydrogens is 346 g/mol. The summed E-state index contributed by atoms with van der Waals surface area (Å²) in [5.41, 5.74) is 0.382. The molecule has 0 radical (unpaired) electrons. The van der Waals surface area contributed by atoms with E-state index in [-0.39, 0.29) is 22.6 Å². The molecule has 26 heavy (non-hydrogen) atoms. The third-order valence-electron chi connectivity index (χ3n) is 3.49. The Balaban J connectivity index is 2.19. The molecule has 0 aromatic heterocycles. The molecule has 0 fully saturated rings. The fourth-order valence-corrected chi connectivity index (χ4v) is 2.18. The Morgan fingerprint density at radius 2 is 1.23 bits per heavy atom. The SMILES string of the molecule is COc1c(F)ccc(/C=C/C(=O)/C=C/c2ccc(F)c(OC)c2O)c1O. The van der Waals surface area contributed by atoms with E-state index < -0.39 is 28.9 Å². The number of phenols is 2. The van der Waals surface area contributed by atoms with Crippen LogP contribution in [0, 0.1) is 11.6 Å². The van der Waals surface area contributed by atoms with E-state index in [9.17, 15) is 23.8 Å². The summed E-state index contributed by atoms with van der Waals surface area (Å²) in [4.78, 5) is 11.9. The second-order valence-corrected chi connectivity index (χ2v) is 5.11. The molecule has 0 unspecified atom stereocenters. The molecule has 0 bridgehead atoms. The van der Waals surface area contributed by atoms with E-state index in [4.69, 9.17) is 9.47 Å². The zero-order chi connectivity index (χ0) is 19.3. The van der Waals surface area contributed by atoms with Crippen molar-refractivity contribution in [3.8, 4) is 23.0 Å². The number of carbonyl (C=O) groups is 1. The van der Waals surface area contributed by atoms with Gasteiger partial charge in [-0.05, 0) is 48.6 Å². The number of ketones is 1. The van der Waals surface area contributed by atoms with Gasteiger partial charge in [0.05, 0.1) is 14.2 Å². The molecule has 2 N–H and O–H groups in total. The van der Waals surface area contributed by atoms with E-state index >= 15 is 0 Å². The van der Waals surface area contributed by atoms with Crippen molar-refractivity contribution in [3.63, 3.8) is 0 Å². The van der Waals surface area contributed by atoms with E-state index in [1.54, 1.807) is 0 Å². The van der Waals surface area contributed by atoms with Crippen LogP contribution in [-0.4, -0.2) is 30.2 Å². The van der Waals surface area contributed by atoms with Gasteiger partial charge in [0.25, 0.3) is 0 Å². The highest BCUT2D eigenvalue weighted by Gasteiger charge is 2.12. The minimum Gasteiger partial charge on any atom is -0.504 e. The molecular formula is C19H16F2O5. The maximum absolute atomic E-state index is 13.4. The minimum atomic E-state index is -0.728. The van der Waals surface area contributed by atoms with Gasteiger partial charge in [-0.3, -0.25) is 4.79 Å². The van der Waals surface area contributed by atoms with Gasteiger partial charge in [0.1, 0.15) is 0 Å². The number of hydrogen-bond acceptors (Lipinski definition) is 5.